The minimum absolute atomic E-state index is 0.506. The molecule has 0 aliphatic carbocycles. The quantitative estimate of drug-likeness (QED) is 0.747. The predicted octanol–water partition coefficient (Wildman–Crippen LogP) is 3.36. The molecule has 2 atom stereocenters. The molecule has 0 aliphatic heterocycles. The summed E-state index contributed by atoms with van der Waals surface area (Å²) in [5.41, 5.74) is -2.03. The highest BCUT2D eigenvalue weighted by Gasteiger charge is 2.38. The van der Waals surface area contributed by atoms with E-state index in [0.717, 1.165) is 0 Å². The van der Waals surface area contributed by atoms with Crippen molar-refractivity contribution in [2.75, 3.05) is 0 Å². The van der Waals surface area contributed by atoms with Crippen LogP contribution in [0.2, 0.25) is 0 Å². The minimum atomic E-state index is -4.50. The molecule has 0 saturated carbocycles. The van der Waals surface area contributed by atoms with Gasteiger partial charge < -0.3 is 0 Å². The summed E-state index contributed by atoms with van der Waals surface area (Å²) in [6.45, 7) is 2.94. The van der Waals surface area contributed by atoms with Gasteiger partial charge in [0.05, 0.1) is 0 Å². The Morgan fingerprint density at radius 2 is 1.08 bits per heavy atom. The molecule has 0 fully saturated rings. The van der Waals surface area contributed by atoms with Crippen LogP contribution in [0.3, 0.4) is 0 Å². The maximum absolute atomic E-state index is 12.5. The molecule has 128 valence electrons. The molecule has 25 heavy (non-hydrogen) atoms. The average molecular weight is 354 g/mol. The van der Waals surface area contributed by atoms with Crippen LogP contribution in [0.1, 0.15) is 25.0 Å². The second-order valence-electron chi connectivity index (χ2n) is 5.66. The summed E-state index contributed by atoms with van der Waals surface area (Å²) in [4.78, 5) is 0. The van der Waals surface area contributed by atoms with E-state index in [0.29, 0.717) is 11.1 Å². The minimum Gasteiger partial charge on any atom is -0.224 e. The average Bonchev–Trinajstić information content (AvgIpc) is 2.62. The van der Waals surface area contributed by atoms with Crippen LogP contribution < -0.4 is 0 Å². The molecule has 2 rings (SSSR count). The standard InChI is InChI=1S/C20H18O4S/c1-5-19(3,17-13-9-7-10-14-17)23-25(21,22)24-20(4,6-2)18-15-11-8-12-16-18/h1-2,7-16H,3-4H3. The van der Waals surface area contributed by atoms with Crippen molar-refractivity contribution < 1.29 is 16.8 Å². The van der Waals surface area contributed by atoms with Crippen LogP contribution in [-0.4, -0.2) is 8.42 Å². The van der Waals surface area contributed by atoms with Gasteiger partial charge in [-0.2, -0.15) is 8.42 Å². The highest BCUT2D eigenvalue weighted by molar-refractivity contribution is 7.81. The summed E-state index contributed by atoms with van der Waals surface area (Å²) in [7, 11) is -4.50. The van der Waals surface area contributed by atoms with Gasteiger partial charge in [-0.25, -0.2) is 8.37 Å². The van der Waals surface area contributed by atoms with E-state index >= 15 is 0 Å². The molecule has 5 heteroatoms. The maximum Gasteiger partial charge on any atom is 0.403 e. The Balaban J connectivity index is 2.33. The summed E-state index contributed by atoms with van der Waals surface area (Å²) in [6, 6.07) is 17.2. The Labute approximate surface area is 149 Å². The highest BCUT2D eigenvalue weighted by Crippen LogP contribution is 2.32. The third-order valence-electron chi connectivity index (χ3n) is 3.74. The molecule has 2 unspecified atom stereocenters. The van der Waals surface area contributed by atoms with Crippen molar-refractivity contribution in [1.82, 2.24) is 0 Å². The topological polar surface area (TPSA) is 52.6 Å². The predicted molar refractivity (Wildman–Crippen MR) is 96.3 cm³/mol. The van der Waals surface area contributed by atoms with E-state index in [2.05, 4.69) is 11.8 Å². The SMILES string of the molecule is C#CC(C)(OS(=O)(=O)OC(C)(C#C)c1ccccc1)c1ccccc1. The zero-order chi connectivity index (χ0) is 18.6. The molecule has 0 aromatic heterocycles. The van der Waals surface area contributed by atoms with Crippen LogP contribution in [0, 0.1) is 24.7 Å². The van der Waals surface area contributed by atoms with E-state index in [1.54, 1.807) is 60.7 Å². The summed E-state index contributed by atoms with van der Waals surface area (Å²) in [5, 5.41) is 0. The van der Waals surface area contributed by atoms with E-state index in [1.807, 2.05) is 0 Å². The molecule has 2 aromatic rings. The third kappa shape index (κ3) is 4.29. The summed E-state index contributed by atoms with van der Waals surface area (Å²) in [6.07, 6.45) is 11.0. The van der Waals surface area contributed by atoms with Crippen LogP contribution in [0.15, 0.2) is 60.7 Å². The van der Waals surface area contributed by atoms with Crippen molar-refractivity contribution in [2.45, 2.75) is 25.0 Å². The van der Waals surface area contributed by atoms with Crippen LogP contribution in [0.25, 0.3) is 0 Å². The van der Waals surface area contributed by atoms with Crippen LogP contribution in [0.5, 0.6) is 0 Å². The van der Waals surface area contributed by atoms with Crippen molar-refractivity contribution in [2.24, 2.45) is 0 Å². The zero-order valence-corrected chi connectivity index (χ0v) is 14.8. The highest BCUT2D eigenvalue weighted by atomic mass is 32.3. The summed E-state index contributed by atoms with van der Waals surface area (Å²) >= 11 is 0. The van der Waals surface area contributed by atoms with Gasteiger partial charge in [0.2, 0.25) is 0 Å². The number of hydrogen-bond donors (Lipinski definition) is 0. The monoisotopic (exact) mass is 354 g/mol. The van der Waals surface area contributed by atoms with E-state index < -0.39 is 21.6 Å². The lowest BCUT2D eigenvalue weighted by Gasteiger charge is -2.28. The van der Waals surface area contributed by atoms with E-state index in [9.17, 15) is 8.42 Å². The van der Waals surface area contributed by atoms with Gasteiger partial charge in [-0.3, -0.25) is 0 Å². The largest absolute Gasteiger partial charge is 0.403 e. The van der Waals surface area contributed by atoms with Crippen LogP contribution in [0.4, 0.5) is 0 Å². The molecule has 0 saturated heterocycles. The summed E-state index contributed by atoms with van der Waals surface area (Å²) in [5.74, 6) is 4.72. The van der Waals surface area contributed by atoms with E-state index in [4.69, 9.17) is 21.2 Å². The molecule has 0 N–H and O–H groups in total. The Hall–Kier alpha value is -2.57. The fraction of sp³-hybridized carbons (Fsp3) is 0.200. The second-order valence-corrected chi connectivity index (χ2v) is 6.81. The first-order chi connectivity index (χ1) is 11.7. The Morgan fingerprint density at radius 3 is 1.36 bits per heavy atom. The van der Waals surface area contributed by atoms with Gasteiger partial charge in [0, 0.05) is 0 Å². The van der Waals surface area contributed by atoms with E-state index in [1.165, 1.54) is 13.8 Å². The van der Waals surface area contributed by atoms with Gasteiger partial charge in [-0.1, -0.05) is 72.5 Å². The van der Waals surface area contributed by atoms with Gasteiger partial charge in [0.1, 0.15) is 0 Å². The molecule has 4 nitrogen and oxygen atoms in total. The Morgan fingerprint density at radius 1 is 0.760 bits per heavy atom. The fourth-order valence-electron chi connectivity index (χ4n) is 2.25. The van der Waals surface area contributed by atoms with Crippen molar-refractivity contribution in [3.63, 3.8) is 0 Å². The number of benzene rings is 2. The van der Waals surface area contributed by atoms with Gasteiger partial charge in [-0.05, 0) is 25.0 Å². The zero-order valence-electron chi connectivity index (χ0n) is 14.0. The lowest BCUT2D eigenvalue weighted by molar-refractivity contribution is 0.0751. The van der Waals surface area contributed by atoms with Crippen molar-refractivity contribution in [3.05, 3.63) is 71.8 Å². The number of terminal acetylenes is 2. The first kappa shape index (κ1) is 18.8. The van der Waals surface area contributed by atoms with Gasteiger partial charge in [0.25, 0.3) is 0 Å². The number of rotatable bonds is 6. The van der Waals surface area contributed by atoms with Gasteiger partial charge in [-0.15, -0.1) is 12.8 Å². The maximum atomic E-state index is 12.5. The van der Waals surface area contributed by atoms with Crippen LogP contribution in [-0.2, 0) is 30.0 Å². The third-order valence-corrected chi connectivity index (χ3v) is 4.81. The molecule has 0 radical (unpaired) electrons. The van der Waals surface area contributed by atoms with Crippen molar-refractivity contribution in [3.8, 4) is 24.7 Å². The molecular weight excluding hydrogens is 336 g/mol. The normalized spacial score (nSPS) is 16.0. The molecule has 0 spiro atoms. The molecule has 0 bridgehead atoms. The van der Waals surface area contributed by atoms with Crippen molar-refractivity contribution >= 4 is 10.4 Å². The fourth-order valence-corrected chi connectivity index (χ4v) is 3.39. The smallest absolute Gasteiger partial charge is 0.224 e. The Kier molecular flexibility index (Phi) is 5.35. The van der Waals surface area contributed by atoms with Crippen LogP contribution >= 0.6 is 0 Å². The first-order valence-corrected chi connectivity index (χ1v) is 8.81. The molecule has 0 heterocycles. The number of hydrogen-bond acceptors (Lipinski definition) is 4. The van der Waals surface area contributed by atoms with Crippen molar-refractivity contribution in [1.29, 1.82) is 0 Å². The molecule has 2 aromatic carbocycles. The van der Waals surface area contributed by atoms with Gasteiger partial charge >= 0.3 is 10.4 Å². The van der Waals surface area contributed by atoms with E-state index in [-0.39, 0.29) is 0 Å². The lowest BCUT2D eigenvalue weighted by Crippen LogP contribution is -2.34. The molecule has 0 aliphatic rings. The molecular formula is C20H18O4S. The summed E-state index contributed by atoms with van der Waals surface area (Å²) < 4.78 is 35.4. The second kappa shape index (κ2) is 7.13. The lowest BCUT2D eigenvalue weighted by atomic mass is 9.97. The molecule has 0 amide bonds. The first-order valence-electron chi connectivity index (χ1n) is 7.47. The van der Waals surface area contributed by atoms with Gasteiger partial charge in [0.15, 0.2) is 11.2 Å². The Bertz CT molecular complexity index is 836.